The van der Waals surface area contributed by atoms with E-state index in [2.05, 4.69) is 5.32 Å². The van der Waals surface area contributed by atoms with Gasteiger partial charge in [-0.1, -0.05) is 24.9 Å². The minimum absolute atomic E-state index is 0. The van der Waals surface area contributed by atoms with Crippen LogP contribution in [0.3, 0.4) is 0 Å². The molecule has 0 aromatic heterocycles. The first-order chi connectivity index (χ1) is 8.95. The van der Waals surface area contributed by atoms with Gasteiger partial charge in [-0.15, -0.1) is 12.4 Å². The minimum atomic E-state index is -0.960. The van der Waals surface area contributed by atoms with Crippen LogP contribution in [0.25, 0.3) is 0 Å². The lowest BCUT2D eigenvalue weighted by Crippen LogP contribution is -2.36. The van der Waals surface area contributed by atoms with E-state index in [-0.39, 0.29) is 29.7 Å². The van der Waals surface area contributed by atoms with Gasteiger partial charge in [0.05, 0.1) is 4.92 Å². The molecule has 8 heteroatoms. The number of halogens is 2. The molecule has 0 radical (unpaired) electrons. The van der Waals surface area contributed by atoms with Crippen LogP contribution in [0.1, 0.15) is 25.3 Å². The Morgan fingerprint density at radius 2 is 2.20 bits per heavy atom. The van der Waals surface area contributed by atoms with Crippen LogP contribution in [-0.4, -0.2) is 22.0 Å². The summed E-state index contributed by atoms with van der Waals surface area (Å²) in [4.78, 5) is 21.3. The van der Waals surface area contributed by atoms with Crippen LogP contribution >= 0.6 is 24.0 Å². The largest absolute Gasteiger partial charge is 0.480 e. The van der Waals surface area contributed by atoms with Gasteiger partial charge in [0.2, 0.25) is 0 Å². The van der Waals surface area contributed by atoms with Gasteiger partial charge in [0, 0.05) is 23.2 Å². The van der Waals surface area contributed by atoms with Crippen molar-refractivity contribution in [1.82, 2.24) is 5.32 Å². The van der Waals surface area contributed by atoms with Crippen molar-refractivity contribution < 1.29 is 14.8 Å². The predicted molar refractivity (Wildman–Crippen MR) is 78.5 cm³/mol. The lowest BCUT2D eigenvalue weighted by Gasteiger charge is -2.13. The first kappa shape index (κ1) is 18.6. The minimum Gasteiger partial charge on any atom is -0.480 e. The monoisotopic (exact) mass is 322 g/mol. The summed E-state index contributed by atoms with van der Waals surface area (Å²) >= 11 is 5.70. The number of nitro benzene ring substituents is 1. The van der Waals surface area contributed by atoms with E-state index in [1.807, 2.05) is 6.92 Å². The summed E-state index contributed by atoms with van der Waals surface area (Å²) in [6.07, 6.45) is 1.18. The molecule has 112 valence electrons. The number of carbonyl (C=O) groups is 1. The third-order valence-corrected chi connectivity index (χ3v) is 2.89. The van der Waals surface area contributed by atoms with Gasteiger partial charge in [-0.3, -0.25) is 14.9 Å². The number of aliphatic carboxylic acids is 1. The van der Waals surface area contributed by atoms with Crippen LogP contribution < -0.4 is 5.32 Å². The molecule has 1 rings (SSSR count). The van der Waals surface area contributed by atoms with E-state index in [4.69, 9.17) is 16.7 Å². The number of carboxylic acid groups (broad SMARTS) is 1. The third kappa shape index (κ3) is 5.32. The van der Waals surface area contributed by atoms with Crippen molar-refractivity contribution in [1.29, 1.82) is 0 Å². The molecule has 0 aliphatic carbocycles. The summed E-state index contributed by atoms with van der Waals surface area (Å²) < 4.78 is 0. The Hall–Kier alpha value is -1.37. The zero-order chi connectivity index (χ0) is 14.4. The highest BCUT2D eigenvalue weighted by molar-refractivity contribution is 6.30. The van der Waals surface area contributed by atoms with Crippen LogP contribution in [0.4, 0.5) is 5.69 Å². The Morgan fingerprint density at radius 3 is 2.70 bits per heavy atom. The molecular weight excluding hydrogens is 307 g/mol. The van der Waals surface area contributed by atoms with Crippen LogP contribution in [0.2, 0.25) is 5.02 Å². The molecule has 1 atom stereocenters. The Labute approximate surface area is 127 Å². The van der Waals surface area contributed by atoms with E-state index in [0.29, 0.717) is 18.4 Å². The Kier molecular flexibility index (Phi) is 8.13. The van der Waals surface area contributed by atoms with E-state index in [9.17, 15) is 14.9 Å². The van der Waals surface area contributed by atoms with Crippen LogP contribution in [0.5, 0.6) is 0 Å². The second kappa shape index (κ2) is 8.73. The average molecular weight is 323 g/mol. The predicted octanol–water partition coefficient (Wildman–Crippen LogP) is 3.01. The number of nitro groups is 1. The van der Waals surface area contributed by atoms with Crippen molar-refractivity contribution >= 4 is 35.7 Å². The fourth-order valence-electron chi connectivity index (χ4n) is 1.69. The lowest BCUT2D eigenvalue weighted by molar-refractivity contribution is -0.385. The molecule has 1 aromatic rings. The zero-order valence-electron chi connectivity index (χ0n) is 10.8. The molecule has 0 bridgehead atoms. The van der Waals surface area contributed by atoms with Crippen LogP contribution in [0, 0.1) is 10.1 Å². The molecule has 0 saturated carbocycles. The number of rotatable bonds is 7. The van der Waals surface area contributed by atoms with Crippen molar-refractivity contribution in [2.45, 2.75) is 32.4 Å². The van der Waals surface area contributed by atoms with Gasteiger partial charge >= 0.3 is 5.97 Å². The maximum Gasteiger partial charge on any atom is 0.320 e. The summed E-state index contributed by atoms with van der Waals surface area (Å²) in [7, 11) is 0. The van der Waals surface area contributed by atoms with E-state index in [1.54, 1.807) is 6.07 Å². The Bertz CT molecular complexity index is 483. The highest BCUT2D eigenvalue weighted by Gasteiger charge is 2.19. The highest BCUT2D eigenvalue weighted by Crippen LogP contribution is 2.23. The summed E-state index contributed by atoms with van der Waals surface area (Å²) in [5, 5.41) is 22.9. The maximum atomic E-state index is 11.0. The average Bonchev–Trinajstić information content (AvgIpc) is 2.35. The van der Waals surface area contributed by atoms with Gasteiger partial charge < -0.3 is 10.4 Å². The molecule has 1 aromatic carbocycles. The SMILES string of the molecule is CCCC(NCc1ccc(Cl)cc1[N+](=O)[O-])C(=O)O.Cl. The Morgan fingerprint density at radius 1 is 1.55 bits per heavy atom. The van der Waals surface area contributed by atoms with Gasteiger partial charge in [-0.25, -0.2) is 0 Å². The second-order valence-corrected chi connectivity index (χ2v) is 4.53. The normalized spacial score (nSPS) is 11.5. The van der Waals surface area contributed by atoms with Crippen molar-refractivity contribution in [2.24, 2.45) is 0 Å². The lowest BCUT2D eigenvalue weighted by atomic mass is 10.1. The summed E-state index contributed by atoms with van der Waals surface area (Å²) in [6, 6.07) is 3.62. The fraction of sp³-hybridized carbons (Fsp3) is 0.417. The molecule has 6 nitrogen and oxygen atoms in total. The molecule has 0 amide bonds. The van der Waals surface area contributed by atoms with Gasteiger partial charge in [-0.05, 0) is 18.6 Å². The van der Waals surface area contributed by atoms with E-state index in [0.717, 1.165) is 0 Å². The first-order valence-electron chi connectivity index (χ1n) is 5.84. The highest BCUT2D eigenvalue weighted by atomic mass is 35.5. The van der Waals surface area contributed by atoms with Crippen LogP contribution in [0.15, 0.2) is 18.2 Å². The van der Waals surface area contributed by atoms with E-state index >= 15 is 0 Å². The number of nitrogens with one attached hydrogen (secondary N) is 1. The fourth-order valence-corrected chi connectivity index (χ4v) is 1.86. The van der Waals surface area contributed by atoms with Crippen molar-refractivity contribution in [2.75, 3.05) is 0 Å². The molecule has 0 aliphatic heterocycles. The van der Waals surface area contributed by atoms with Crippen LogP contribution in [-0.2, 0) is 11.3 Å². The number of benzene rings is 1. The van der Waals surface area contributed by atoms with E-state index in [1.165, 1.54) is 12.1 Å². The third-order valence-electron chi connectivity index (χ3n) is 2.66. The number of hydrogen-bond donors (Lipinski definition) is 2. The molecule has 0 aliphatic rings. The molecule has 0 spiro atoms. The molecule has 0 saturated heterocycles. The molecule has 20 heavy (non-hydrogen) atoms. The summed E-state index contributed by atoms with van der Waals surface area (Å²) in [5.41, 5.74) is 0.303. The van der Waals surface area contributed by atoms with Gasteiger partial charge in [-0.2, -0.15) is 0 Å². The standard InChI is InChI=1S/C12H15ClN2O4.ClH/c1-2-3-10(12(16)17)14-7-8-4-5-9(13)6-11(8)15(18)19;/h4-6,10,14H,2-3,7H2,1H3,(H,16,17);1H. The van der Waals surface area contributed by atoms with Gasteiger partial charge in [0.15, 0.2) is 0 Å². The molecule has 0 fully saturated rings. The Balaban J connectivity index is 0.00000361. The van der Waals surface area contributed by atoms with Crippen molar-refractivity contribution in [3.63, 3.8) is 0 Å². The second-order valence-electron chi connectivity index (χ2n) is 4.09. The number of hydrogen-bond acceptors (Lipinski definition) is 4. The van der Waals surface area contributed by atoms with Gasteiger partial charge in [0.25, 0.3) is 5.69 Å². The first-order valence-corrected chi connectivity index (χ1v) is 6.22. The smallest absolute Gasteiger partial charge is 0.320 e. The zero-order valence-corrected chi connectivity index (χ0v) is 12.4. The summed E-state index contributed by atoms with van der Waals surface area (Å²) in [5.74, 6) is -0.960. The maximum absolute atomic E-state index is 11.0. The molecule has 1 unspecified atom stereocenters. The molecule has 2 N–H and O–H groups in total. The molecular formula is C12H16Cl2N2O4. The van der Waals surface area contributed by atoms with Gasteiger partial charge in [0.1, 0.15) is 6.04 Å². The van der Waals surface area contributed by atoms with Crippen molar-refractivity contribution in [3.05, 3.63) is 38.9 Å². The van der Waals surface area contributed by atoms with E-state index < -0.39 is 16.9 Å². The quantitative estimate of drug-likeness (QED) is 0.594. The summed E-state index contributed by atoms with van der Waals surface area (Å²) in [6.45, 7) is 1.99. The van der Waals surface area contributed by atoms with Crippen molar-refractivity contribution in [3.8, 4) is 0 Å². The topological polar surface area (TPSA) is 92.5 Å². The molecule has 0 heterocycles. The number of nitrogens with zero attached hydrogens (tertiary/aromatic N) is 1. The number of carboxylic acids is 1.